The molecule has 106 valence electrons. The number of aromatic amines is 1. The van der Waals surface area contributed by atoms with Crippen LogP contribution in [0.1, 0.15) is 20.2 Å². The molecule has 0 bridgehead atoms. The first-order valence-electron chi connectivity index (χ1n) is 5.96. The van der Waals surface area contributed by atoms with E-state index < -0.39 is 5.97 Å². The fraction of sp³-hybridized carbons (Fsp3) is 0. The van der Waals surface area contributed by atoms with Gasteiger partial charge in [-0.25, -0.2) is 4.79 Å². The number of carboxylic acid groups (broad SMARTS) is 1. The van der Waals surface area contributed by atoms with Crippen LogP contribution in [-0.4, -0.2) is 31.7 Å². The lowest BCUT2D eigenvalue weighted by Crippen LogP contribution is -2.12. The predicted molar refractivity (Wildman–Crippen MR) is 77.1 cm³/mol. The molecule has 1 amide bonds. The molecule has 21 heavy (non-hydrogen) atoms. The summed E-state index contributed by atoms with van der Waals surface area (Å²) in [5.74, 6) is -1.30. The summed E-state index contributed by atoms with van der Waals surface area (Å²) in [5.41, 5.74) is 0.679. The van der Waals surface area contributed by atoms with E-state index in [-0.39, 0.29) is 17.4 Å². The van der Waals surface area contributed by atoms with Gasteiger partial charge in [0.2, 0.25) is 0 Å². The third-order valence-corrected chi connectivity index (χ3v) is 3.69. The van der Waals surface area contributed by atoms with Crippen molar-refractivity contribution in [1.82, 2.24) is 14.8 Å². The van der Waals surface area contributed by atoms with Gasteiger partial charge in [-0.15, -0.1) is 11.3 Å². The highest BCUT2D eigenvalue weighted by Crippen LogP contribution is 2.22. The van der Waals surface area contributed by atoms with Crippen LogP contribution in [0.4, 0.5) is 5.82 Å². The Morgan fingerprint density at radius 3 is 2.76 bits per heavy atom. The van der Waals surface area contributed by atoms with Crippen molar-refractivity contribution in [2.45, 2.75) is 0 Å². The number of hydrogen-bond donors (Lipinski definition) is 3. The molecule has 8 heteroatoms. The van der Waals surface area contributed by atoms with Crippen molar-refractivity contribution in [2.24, 2.45) is 0 Å². The minimum absolute atomic E-state index is 0.0814. The number of carbonyl (C=O) groups excluding carboxylic acids is 1. The Balaban J connectivity index is 1.83. The molecule has 3 rings (SSSR count). The van der Waals surface area contributed by atoms with Gasteiger partial charge < -0.3 is 15.0 Å². The van der Waals surface area contributed by atoms with Crippen LogP contribution in [0.25, 0.3) is 5.69 Å². The molecule has 0 aromatic carbocycles. The molecule has 3 aromatic rings. The Labute approximate surface area is 122 Å². The summed E-state index contributed by atoms with van der Waals surface area (Å²) in [7, 11) is 0. The molecule has 0 aliphatic rings. The molecule has 0 fully saturated rings. The van der Waals surface area contributed by atoms with Crippen molar-refractivity contribution in [2.75, 3.05) is 5.32 Å². The first-order chi connectivity index (χ1) is 10.1. The minimum atomic E-state index is -1.13. The van der Waals surface area contributed by atoms with E-state index in [1.165, 1.54) is 17.4 Å². The second-order valence-corrected chi connectivity index (χ2v) is 5.07. The smallest absolute Gasteiger partial charge is 0.353 e. The van der Waals surface area contributed by atoms with Gasteiger partial charge in [0, 0.05) is 18.5 Å². The zero-order chi connectivity index (χ0) is 14.8. The average Bonchev–Trinajstić information content (AvgIpc) is 3.19. The quantitative estimate of drug-likeness (QED) is 0.688. The first-order valence-corrected chi connectivity index (χ1v) is 6.84. The van der Waals surface area contributed by atoms with E-state index in [0.717, 1.165) is 5.69 Å². The van der Waals surface area contributed by atoms with Crippen LogP contribution >= 0.6 is 11.3 Å². The van der Waals surface area contributed by atoms with Crippen LogP contribution in [0.5, 0.6) is 0 Å². The minimum Gasteiger partial charge on any atom is -0.477 e. The Kier molecular flexibility index (Phi) is 3.28. The molecule has 0 aliphatic carbocycles. The molecule has 7 nitrogen and oxygen atoms in total. The van der Waals surface area contributed by atoms with Crippen molar-refractivity contribution in [3.8, 4) is 5.69 Å². The fourth-order valence-corrected chi connectivity index (χ4v) is 2.62. The van der Waals surface area contributed by atoms with Crippen molar-refractivity contribution in [3.63, 3.8) is 0 Å². The van der Waals surface area contributed by atoms with E-state index in [1.54, 1.807) is 0 Å². The van der Waals surface area contributed by atoms with Gasteiger partial charge in [0.15, 0.2) is 5.82 Å². The highest BCUT2D eigenvalue weighted by Gasteiger charge is 2.16. The standard InChI is InChI=1S/C13H10N4O3S/c18-12(14-10-7-8(13(19)20)15-16-10)11-9(3-6-21-11)17-4-1-2-5-17/h1-7H,(H,19,20)(H2,14,15,16,18). The molecule has 0 saturated heterocycles. The van der Waals surface area contributed by atoms with E-state index in [1.807, 2.05) is 40.5 Å². The number of thiophene rings is 1. The van der Waals surface area contributed by atoms with Crippen molar-refractivity contribution >= 4 is 29.0 Å². The summed E-state index contributed by atoms with van der Waals surface area (Å²) >= 11 is 1.30. The number of aromatic nitrogens is 3. The number of hydrogen-bond acceptors (Lipinski definition) is 4. The van der Waals surface area contributed by atoms with Gasteiger partial charge in [0.1, 0.15) is 10.6 Å². The SMILES string of the molecule is O=C(O)c1cc(NC(=O)c2sccc2-n2cccc2)n[nH]1. The van der Waals surface area contributed by atoms with Crippen molar-refractivity contribution in [3.05, 3.63) is 52.6 Å². The van der Waals surface area contributed by atoms with Crippen LogP contribution in [0.2, 0.25) is 0 Å². The second kappa shape index (κ2) is 5.25. The number of carboxylic acids is 1. The number of carbonyl (C=O) groups is 2. The summed E-state index contributed by atoms with van der Waals surface area (Å²) in [4.78, 5) is 23.5. The Bertz CT molecular complexity index is 788. The lowest BCUT2D eigenvalue weighted by molar-refractivity contribution is 0.0690. The monoisotopic (exact) mass is 302 g/mol. The molecule has 0 unspecified atom stereocenters. The molecule has 0 saturated carbocycles. The highest BCUT2D eigenvalue weighted by molar-refractivity contribution is 7.12. The van der Waals surface area contributed by atoms with Gasteiger partial charge in [0.25, 0.3) is 5.91 Å². The van der Waals surface area contributed by atoms with E-state index in [9.17, 15) is 9.59 Å². The largest absolute Gasteiger partial charge is 0.477 e. The van der Waals surface area contributed by atoms with Crippen LogP contribution in [-0.2, 0) is 0 Å². The second-order valence-electron chi connectivity index (χ2n) is 4.15. The molecule has 0 atom stereocenters. The van der Waals surface area contributed by atoms with Crippen LogP contribution < -0.4 is 5.32 Å². The number of nitrogens with one attached hydrogen (secondary N) is 2. The van der Waals surface area contributed by atoms with E-state index in [4.69, 9.17) is 5.11 Å². The van der Waals surface area contributed by atoms with Gasteiger partial charge in [0.05, 0.1) is 5.69 Å². The third kappa shape index (κ3) is 2.56. The zero-order valence-corrected chi connectivity index (χ0v) is 11.4. The van der Waals surface area contributed by atoms with Crippen LogP contribution in [0, 0.1) is 0 Å². The van der Waals surface area contributed by atoms with Crippen molar-refractivity contribution in [1.29, 1.82) is 0 Å². The molecule has 0 aliphatic heterocycles. The maximum atomic E-state index is 12.3. The lowest BCUT2D eigenvalue weighted by Gasteiger charge is -2.04. The summed E-state index contributed by atoms with van der Waals surface area (Å²) in [6.45, 7) is 0. The summed E-state index contributed by atoms with van der Waals surface area (Å²) in [5, 5.41) is 19.3. The highest BCUT2D eigenvalue weighted by atomic mass is 32.1. The normalized spacial score (nSPS) is 10.5. The van der Waals surface area contributed by atoms with E-state index in [2.05, 4.69) is 15.5 Å². The topological polar surface area (TPSA) is 100 Å². The van der Waals surface area contributed by atoms with Crippen LogP contribution in [0.15, 0.2) is 42.0 Å². The molecule has 3 heterocycles. The van der Waals surface area contributed by atoms with Gasteiger partial charge in [-0.1, -0.05) is 0 Å². The first kappa shape index (κ1) is 13.1. The predicted octanol–water partition coefficient (Wildman–Crippen LogP) is 2.21. The van der Waals surface area contributed by atoms with E-state index >= 15 is 0 Å². The molecule has 3 N–H and O–H groups in total. The van der Waals surface area contributed by atoms with E-state index in [0.29, 0.717) is 4.88 Å². The third-order valence-electron chi connectivity index (χ3n) is 2.78. The van der Waals surface area contributed by atoms with Crippen LogP contribution in [0.3, 0.4) is 0 Å². The number of H-pyrrole nitrogens is 1. The average molecular weight is 302 g/mol. The number of rotatable bonds is 4. The van der Waals surface area contributed by atoms with Gasteiger partial charge in [-0.05, 0) is 23.6 Å². The number of anilines is 1. The zero-order valence-electron chi connectivity index (χ0n) is 10.6. The summed E-state index contributed by atoms with van der Waals surface area (Å²) < 4.78 is 1.83. The number of aromatic carboxylic acids is 1. The number of nitrogens with zero attached hydrogens (tertiary/aromatic N) is 2. The Hall–Kier alpha value is -2.87. The number of amides is 1. The fourth-order valence-electron chi connectivity index (χ4n) is 1.84. The van der Waals surface area contributed by atoms with Crippen molar-refractivity contribution < 1.29 is 14.7 Å². The summed E-state index contributed by atoms with van der Waals surface area (Å²) in [6.07, 6.45) is 3.69. The molecular weight excluding hydrogens is 292 g/mol. The maximum Gasteiger partial charge on any atom is 0.353 e. The molecular formula is C13H10N4O3S. The molecule has 0 radical (unpaired) electrons. The molecule has 0 spiro atoms. The van der Waals surface area contributed by atoms with Gasteiger partial charge >= 0.3 is 5.97 Å². The van der Waals surface area contributed by atoms with Gasteiger partial charge in [-0.2, -0.15) is 5.10 Å². The molecule has 3 aromatic heterocycles. The lowest BCUT2D eigenvalue weighted by atomic mass is 10.3. The maximum absolute atomic E-state index is 12.3. The Morgan fingerprint density at radius 1 is 1.33 bits per heavy atom. The Morgan fingerprint density at radius 2 is 2.10 bits per heavy atom. The van der Waals surface area contributed by atoms with Gasteiger partial charge in [-0.3, -0.25) is 9.89 Å². The summed E-state index contributed by atoms with van der Waals surface area (Å²) in [6, 6.07) is 6.84.